The highest BCUT2D eigenvalue weighted by Crippen LogP contribution is 2.34. The standard InChI is InChI=1S/C16H24ClNO/c1-4-5-8-19-15-10-13-9-12(11(2)3)6-7-14(13)18-16(15)17/h10-12H,4-9H2,1-3H3. The van der Waals surface area contributed by atoms with Crippen LogP contribution in [0.3, 0.4) is 0 Å². The van der Waals surface area contributed by atoms with Crippen LogP contribution in [-0.4, -0.2) is 11.6 Å². The van der Waals surface area contributed by atoms with Gasteiger partial charge in [-0.05, 0) is 49.1 Å². The van der Waals surface area contributed by atoms with Crippen molar-refractivity contribution in [2.45, 2.75) is 52.9 Å². The predicted octanol–water partition coefficient (Wildman–Crippen LogP) is 4.67. The molecule has 106 valence electrons. The molecule has 0 N–H and O–H groups in total. The van der Waals surface area contributed by atoms with Gasteiger partial charge in [-0.1, -0.05) is 38.8 Å². The zero-order chi connectivity index (χ0) is 13.8. The number of hydrogen-bond acceptors (Lipinski definition) is 2. The summed E-state index contributed by atoms with van der Waals surface area (Å²) in [4.78, 5) is 4.53. The minimum Gasteiger partial charge on any atom is -0.490 e. The Morgan fingerprint density at radius 1 is 1.47 bits per heavy atom. The molecule has 1 heterocycles. The number of aromatic nitrogens is 1. The van der Waals surface area contributed by atoms with Crippen molar-refractivity contribution in [3.63, 3.8) is 0 Å². The molecule has 0 saturated heterocycles. The summed E-state index contributed by atoms with van der Waals surface area (Å²) < 4.78 is 5.74. The van der Waals surface area contributed by atoms with Crippen LogP contribution in [0.1, 0.15) is 51.3 Å². The van der Waals surface area contributed by atoms with Gasteiger partial charge in [0, 0.05) is 5.69 Å². The number of hydrogen-bond donors (Lipinski definition) is 0. The van der Waals surface area contributed by atoms with Crippen molar-refractivity contribution in [2.75, 3.05) is 6.61 Å². The van der Waals surface area contributed by atoms with Crippen molar-refractivity contribution in [1.29, 1.82) is 0 Å². The van der Waals surface area contributed by atoms with Crippen molar-refractivity contribution in [3.05, 3.63) is 22.5 Å². The summed E-state index contributed by atoms with van der Waals surface area (Å²) in [6.45, 7) is 7.49. The molecule has 1 aromatic heterocycles. The van der Waals surface area contributed by atoms with Crippen molar-refractivity contribution in [2.24, 2.45) is 11.8 Å². The first-order chi connectivity index (χ1) is 9.11. The van der Waals surface area contributed by atoms with Crippen LogP contribution in [0.4, 0.5) is 0 Å². The lowest BCUT2D eigenvalue weighted by Gasteiger charge is -2.27. The topological polar surface area (TPSA) is 22.1 Å². The highest BCUT2D eigenvalue weighted by atomic mass is 35.5. The SMILES string of the molecule is CCCCOc1cc2c(nc1Cl)CCC(C(C)C)C2. The Balaban J connectivity index is 2.13. The van der Waals surface area contributed by atoms with Gasteiger partial charge in [0.15, 0.2) is 10.9 Å². The molecular weight excluding hydrogens is 258 g/mol. The number of rotatable bonds is 5. The molecule has 0 aromatic carbocycles. The molecular formula is C16H24ClNO. The van der Waals surface area contributed by atoms with E-state index < -0.39 is 0 Å². The van der Waals surface area contributed by atoms with E-state index in [9.17, 15) is 0 Å². The maximum absolute atomic E-state index is 6.20. The van der Waals surface area contributed by atoms with Crippen LogP contribution >= 0.6 is 11.6 Å². The molecule has 1 aliphatic carbocycles. The summed E-state index contributed by atoms with van der Waals surface area (Å²) in [5.74, 6) is 2.26. The maximum atomic E-state index is 6.20. The van der Waals surface area contributed by atoms with Gasteiger partial charge in [0.2, 0.25) is 0 Å². The fourth-order valence-corrected chi connectivity index (χ4v) is 2.85. The van der Waals surface area contributed by atoms with Gasteiger partial charge in [0.1, 0.15) is 0 Å². The van der Waals surface area contributed by atoms with Crippen LogP contribution in [0.2, 0.25) is 5.15 Å². The maximum Gasteiger partial charge on any atom is 0.171 e. The van der Waals surface area contributed by atoms with Gasteiger partial charge in [-0.2, -0.15) is 0 Å². The number of ether oxygens (including phenoxy) is 1. The molecule has 2 nitrogen and oxygen atoms in total. The zero-order valence-corrected chi connectivity index (χ0v) is 13.0. The first-order valence-corrected chi connectivity index (χ1v) is 7.80. The molecule has 3 heteroatoms. The van der Waals surface area contributed by atoms with Crippen LogP contribution in [0.5, 0.6) is 5.75 Å². The van der Waals surface area contributed by atoms with Crippen LogP contribution in [-0.2, 0) is 12.8 Å². The number of aryl methyl sites for hydroxylation is 1. The number of nitrogens with zero attached hydrogens (tertiary/aromatic N) is 1. The molecule has 0 spiro atoms. The number of halogens is 1. The van der Waals surface area contributed by atoms with Gasteiger partial charge in [-0.15, -0.1) is 0 Å². The van der Waals surface area contributed by atoms with Gasteiger partial charge < -0.3 is 4.74 Å². The minimum absolute atomic E-state index is 0.526. The largest absolute Gasteiger partial charge is 0.490 e. The van der Waals surface area contributed by atoms with Crippen molar-refractivity contribution < 1.29 is 4.74 Å². The summed E-state index contributed by atoms with van der Waals surface area (Å²) in [5, 5.41) is 0.526. The molecule has 0 saturated carbocycles. The van der Waals surface area contributed by atoms with Crippen molar-refractivity contribution in [3.8, 4) is 5.75 Å². The molecule has 19 heavy (non-hydrogen) atoms. The van der Waals surface area contributed by atoms with Gasteiger partial charge in [0.05, 0.1) is 6.61 Å². The third-order valence-corrected chi connectivity index (χ3v) is 4.32. The normalized spacial score (nSPS) is 18.5. The first-order valence-electron chi connectivity index (χ1n) is 7.43. The molecule has 1 unspecified atom stereocenters. The van der Waals surface area contributed by atoms with E-state index in [1.54, 1.807) is 0 Å². The first kappa shape index (κ1) is 14.6. The third-order valence-electron chi connectivity index (χ3n) is 4.04. The molecule has 0 fully saturated rings. The average molecular weight is 282 g/mol. The molecule has 0 bridgehead atoms. The van der Waals surface area contributed by atoms with E-state index in [-0.39, 0.29) is 0 Å². The second kappa shape index (κ2) is 6.60. The minimum atomic E-state index is 0.526. The van der Waals surface area contributed by atoms with Crippen LogP contribution in [0, 0.1) is 11.8 Å². The Kier molecular flexibility index (Phi) is 5.09. The number of unbranched alkanes of at least 4 members (excludes halogenated alkanes) is 1. The fourth-order valence-electron chi connectivity index (χ4n) is 2.64. The molecule has 0 aliphatic heterocycles. The van der Waals surface area contributed by atoms with E-state index >= 15 is 0 Å². The summed E-state index contributed by atoms with van der Waals surface area (Å²) in [5.41, 5.74) is 2.51. The lowest BCUT2D eigenvalue weighted by molar-refractivity contribution is 0.304. The quantitative estimate of drug-likeness (QED) is 0.578. The smallest absolute Gasteiger partial charge is 0.171 e. The van der Waals surface area contributed by atoms with Crippen molar-refractivity contribution >= 4 is 11.6 Å². The summed E-state index contributed by atoms with van der Waals surface area (Å²) in [7, 11) is 0. The monoisotopic (exact) mass is 281 g/mol. The van der Waals surface area contributed by atoms with Crippen LogP contribution in [0.15, 0.2) is 6.07 Å². The molecule has 1 atom stereocenters. The molecule has 0 amide bonds. The molecule has 1 aromatic rings. The third kappa shape index (κ3) is 3.62. The van der Waals surface area contributed by atoms with E-state index in [0.717, 1.165) is 49.9 Å². The Morgan fingerprint density at radius 3 is 2.95 bits per heavy atom. The van der Waals surface area contributed by atoms with Crippen LogP contribution < -0.4 is 4.74 Å². The molecule has 0 radical (unpaired) electrons. The zero-order valence-electron chi connectivity index (χ0n) is 12.2. The lowest BCUT2D eigenvalue weighted by atomic mass is 9.80. The van der Waals surface area contributed by atoms with E-state index in [2.05, 4.69) is 31.8 Å². The van der Waals surface area contributed by atoms with Gasteiger partial charge in [-0.25, -0.2) is 4.98 Å². The van der Waals surface area contributed by atoms with Gasteiger partial charge in [0.25, 0.3) is 0 Å². The molecule has 2 rings (SSSR count). The van der Waals surface area contributed by atoms with E-state index in [1.807, 2.05) is 0 Å². The fraction of sp³-hybridized carbons (Fsp3) is 0.688. The molecule has 1 aliphatic rings. The average Bonchev–Trinajstić information content (AvgIpc) is 2.39. The second-order valence-electron chi connectivity index (χ2n) is 5.83. The van der Waals surface area contributed by atoms with E-state index in [4.69, 9.17) is 16.3 Å². The number of fused-ring (bicyclic) bond motifs is 1. The van der Waals surface area contributed by atoms with Crippen LogP contribution in [0.25, 0.3) is 0 Å². The van der Waals surface area contributed by atoms with E-state index in [1.165, 1.54) is 17.7 Å². The summed E-state index contributed by atoms with van der Waals surface area (Å²) in [6, 6.07) is 2.12. The van der Waals surface area contributed by atoms with Crippen molar-refractivity contribution in [1.82, 2.24) is 4.98 Å². The van der Waals surface area contributed by atoms with Gasteiger partial charge >= 0.3 is 0 Å². The summed E-state index contributed by atoms with van der Waals surface area (Å²) in [6.07, 6.45) is 5.58. The Hall–Kier alpha value is -0.760. The highest BCUT2D eigenvalue weighted by Gasteiger charge is 2.23. The Morgan fingerprint density at radius 2 is 2.26 bits per heavy atom. The van der Waals surface area contributed by atoms with Gasteiger partial charge in [-0.3, -0.25) is 0 Å². The Bertz CT molecular complexity index is 431. The Labute approximate surface area is 121 Å². The second-order valence-corrected chi connectivity index (χ2v) is 6.19. The summed E-state index contributed by atoms with van der Waals surface area (Å²) >= 11 is 6.20. The van der Waals surface area contributed by atoms with E-state index in [0.29, 0.717) is 5.15 Å². The number of pyridine rings is 1. The highest BCUT2D eigenvalue weighted by molar-refractivity contribution is 6.30. The lowest BCUT2D eigenvalue weighted by Crippen LogP contribution is -2.20. The predicted molar refractivity (Wildman–Crippen MR) is 80.0 cm³/mol.